The van der Waals surface area contributed by atoms with Crippen molar-refractivity contribution in [3.05, 3.63) is 52.3 Å². The molecule has 1 heterocycles. The van der Waals surface area contributed by atoms with Crippen LogP contribution in [0.5, 0.6) is 0 Å². The summed E-state index contributed by atoms with van der Waals surface area (Å²) in [5.41, 5.74) is 6.41. The first-order chi connectivity index (χ1) is 10.0. The summed E-state index contributed by atoms with van der Waals surface area (Å²) in [6.45, 7) is 12.5. The fourth-order valence-corrected chi connectivity index (χ4v) is 2.50. The van der Waals surface area contributed by atoms with Gasteiger partial charge >= 0.3 is 0 Å². The Morgan fingerprint density at radius 1 is 1.10 bits per heavy atom. The third-order valence-electron chi connectivity index (χ3n) is 3.98. The highest BCUT2D eigenvalue weighted by atomic mass is 15.3. The van der Waals surface area contributed by atoms with E-state index in [0.29, 0.717) is 6.04 Å². The lowest BCUT2D eigenvalue weighted by atomic mass is 10.1. The molecular formula is C18H27N3. The van der Waals surface area contributed by atoms with Crippen LogP contribution in [-0.4, -0.2) is 15.8 Å². The van der Waals surface area contributed by atoms with E-state index in [1.807, 2.05) is 0 Å². The van der Waals surface area contributed by atoms with Crippen molar-refractivity contribution in [1.29, 1.82) is 0 Å². The lowest BCUT2D eigenvalue weighted by molar-refractivity contribution is 0.584. The number of benzene rings is 1. The van der Waals surface area contributed by atoms with Crippen molar-refractivity contribution in [2.75, 3.05) is 0 Å². The van der Waals surface area contributed by atoms with E-state index in [1.54, 1.807) is 0 Å². The average molecular weight is 285 g/mol. The van der Waals surface area contributed by atoms with Crippen molar-refractivity contribution >= 4 is 0 Å². The lowest BCUT2D eigenvalue weighted by Crippen LogP contribution is -2.22. The molecule has 2 rings (SSSR count). The van der Waals surface area contributed by atoms with Crippen LogP contribution in [0.2, 0.25) is 0 Å². The molecule has 0 saturated heterocycles. The van der Waals surface area contributed by atoms with Crippen molar-refractivity contribution < 1.29 is 0 Å². The van der Waals surface area contributed by atoms with Gasteiger partial charge in [-0.1, -0.05) is 45.0 Å². The molecule has 3 heteroatoms. The van der Waals surface area contributed by atoms with Crippen LogP contribution in [0.4, 0.5) is 0 Å². The molecule has 0 aliphatic heterocycles. The zero-order valence-electron chi connectivity index (χ0n) is 13.9. The van der Waals surface area contributed by atoms with Gasteiger partial charge in [0.2, 0.25) is 0 Å². The summed E-state index contributed by atoms with van der Waals surface area (Å²) in [6, 6.07) is 9.33. The van der Waals surface area contributed by atoms with Crippen molar-refractivity contribution in [3.63, 3.8) is 0 Å². The number of aromatic nitrogens is 2. The van der Waals surface area contributed by atoms with Gasteiger partial charge in [0.05, 0.1) is 12.2 Å². The first kappa shape index (κ1) is 15.8. The Bertz CT molecular complexity index is 579. The molecule has 114 valence electrons. The molecule has 0 radical (unpaired) electrons. The summed E-state index contributed by atoms with van der Waals surface area (Å²) >= 11 is 0. The molecule has 0 saturated carbocycles. The molecule has 0 bridgehead atoms. The van der Waals surface area contributed by atoms with E-state index in [-0.39, 0.29) is 0 Å². The van der Waals surface area contributed by atoms with Crippen LogP contribution >= 0.6 is 0 Å². The first-order valence-corrected chi connectivity index (χ1v) is 7.85. The van der Waals surface area contributed by atoms with Crippen molar-refractivity contribution in [1.82, 2.24) is 15.1 Å². The number of aryl methyl sites for hydroxylation is 2. The topological polar surface area (TPSA) is 29.9 Å². The van der Waals surface area contributed by atoms with Crippen molar-refractivity contribution in [3.8, 4) is 0 Å². The maximum Gasteiger partial charge on any atom is 0.0662 e. The van der Waals surface area contributed by atoms with Crippen LogP contribution < -0.4 is 5.32 Å². The Labute approximate surface area is 128 Å². The second-order valence-corrected chi connectivity index (χ2v) is 6.01. The highest BCUT2D eigenvalue weighted by Crippen LogP contribution is 2.15. The van der Waals surface area contributed by atoms with Gasteiger partial charge < -0.3 is 5.32 Å². The Hall–Kier alpha value is -1.61. The van der Waals surface area contributed by atoms with E-state index in [1.165, 1.54) is 22.4 Å². The molecule has 0 atom stereocenters. The molecule has 0 fully saturated rings. The van der Waals surface area contributed by atoms with E-state index in [0.717, 1.165) is 25.2 Å². The van der Waals surface area contributed by atoms with Crippen LogP contribution in [-0.2, 0) is 19.5 Å². The maximum absolute atomic E-state index is 4.70. The molecular weight excluding hydrogens is 258 g/mol. The summed E-state index contributed by atoms with van der Waals surface area (Å²) in [7, 11) is 0. The van der Waals surface area contributed by atoms with Crippen LogP contribution in [0.15, 0.2) is 24.3 Å². The van der Waals surface area contributed by atoms with Gasteiger partial charge in [-0.05, 0) is 31.4 Å². The SMILES string of the molecule is CCc1ccc(Cn2nc(C)c(CNC(C)C)c2C)cc1. The molecule has 0 aliphatic rings. The zero-order valence-corrected chi connectivity index (χ0v) is 13.9. The van der Waals surface area contributed by atoms with E-state index in [9.17, 15) is 0 Å². The van der Waals surface area contributed by atoms with Gasteiger partial charge in [0.1, 0.15) is 0 Å². The maximum atomic E-state index is 4.70. The largest absolute Gasteiger partial charge is 0.310 e. The third kappa shape index (κ3) is 3.94. The quantitative estimate of drug-likeness (QED) is 0.878. The molecule has 3 nitrogen and oxygen atoms in total. The van der Waals surface area contributed by atoms with Gasteiger partial charge in [-0.2, -0.15) is 5.10 Å². The summed E-state index contributed by atoms with van der Waals surface area (Å²) < 4.78 is 2.12. The van der Waals surface area contributed by atoms with Crippen molar-refractivity contribution in [2.24, 2.45) is 0 Å². The fraction of sp³-hybridized carbons (Fsp3) is 0.500. The lowest BCUT2D eigenvalue weighted by Gasteiger charge is -2.09. The number of rotatable bonds is 6. The van der Waals surface area contributed by atoms with Gasteiger partial charge in [0, 0.05) is 23.8 Å². The van der Waals surface area contributed by atoms with Gasteiger partial charge in [0.15, 0.2) is 0 Å². The molecule has 1 aromatic carbocycles. The van der Waals surface area contributed by atoms with E-state index < -0.39 is 0 Å². The summed E-state index contributed by atoms with van der Waals surface area (Å²) in [5, 5.41) is 8.19. The monoisotopic (exact) mass is 285 g/mol. The van der Waals surface area contributed by atoms with Gasteiger partial charge in [0.25, 0.3) is 0 Å². The van der Waals surface area contributed by atoms with Crippen LogP contribution in [0, 0.1) is 13.8 Å². The van der Waals surface area contributed by atoms with Gasteiger partial charge in [-0.15, -0.1) is 0 Å². The smallest absolute Gasteiger partial charge is 0.0662 e. The zero-order chi connectivity index (χ0) is 15.4. The van der Waals surface area contributed by atoms with E-state index >= 15 is 0 Å². The fourth-order valence-electron chi connectivity index (χ4n) is 2.50. The second-order valence-electron chi connectivity index (χ2n) is 6.01. The summed E-state index contributed by atoms with van der Waals surface area (Å²) in [5.74, 6) is 0. The summed E-state index contributed by atoms with van der Waals surface area (Å²) in [6.07, 6.45) is 1.09. The normalized spacial score (nSPS) is 11.3. The van der Waals surface area contributed by atoms with Gasteiger partial charge in [-0.3, -0.25) is 4.68 Å². The molecule has 21 heavy (non-hydrogen) atoms. The number of nitrogens with zero attached hydrogens (tertiary/aromatic N) is 2. The molecule has 0 aliphatic carbocycles. The Balaban J connectivity index is 2.14. The molecule has 0 unspecified atom stereocenters. The van der Waals surface area contributed by atoms with Gasteiger partial charge in [-0.25, -0.2) is 0 Å². The van der Waals surface area contributed by atoms with Crippen molar-refractivity contribution in [2.45, 2.75) is 60.2 Å². The average Bonchev–Trinajstić information content (AvgIpc) is 2.72. The van der Waals surface area contributed by atoms with Crippen LogP contribution in [0.1, 0.15) is 48.8 Å². The number of hydrogen-bond acceptors (Lipinski definition) is 2. The molecule has 2 aromatic rings. The molecule has 1 aromatic heterocycles. The number of hydrogen-bond donors (Lipinski definition) is 1. The standard InChI is InChI=1S/C18H27N3/c1-6-16-7-9-17(10-8-16)12-21-15(5)18(14(4)20-21)11-19-13(2)3/h7-10,13,19H,6,11-12H2,1-5H3. The minimum absolute atomic E-state index is 0.494. The molecule has 1 N–H and O–H groups in total. The highest BCUT2D eigenvalue weighted by molar-refractivity contribution is 5.27. The predicted molar refractivity (Wildman–Crippen MR) is 88.6 cm³/mol. The molecule has 0 spiro atoms. The second kappa shape index (κ2) is 6.90. The Morgan fingerprint density at radius 3 is 2.29 bits per heavy atom. The minimum atomic E-state index is 0.494. The highest BCUT2D eigenvalue weighted by Gasteiger charge is 2.11. The molecule has 0 amide bonds. The minimum Gasteiger partial charge on any atom is -0.310 e. The first-order valence-electron chi connectivity index (χ1n) is 7.85. The van der Waals surface area contributed by atoms with E-state index in [4.69, 9.17) is 5.10 Å². The summed E-state index contributed by atoms with van der Waals surface area (Å²) in [4.78, 5) is 0. The van der Waals surface area contributed by atoms with E-state index in [2.05, 4.69) is 68.9 Å². The van der Waals surface area contributed by atoms with Crippen LogP contribution in [0.3, 0.4) is 0 Å². The number of nitrogens with one attached hydrogen (secondary N) is 1. The van der Waals surface area contributed by atoms with Crippen LogP contribution in [0.25, 0.3) is 0 Å². The Kier molecular flexibility index (Phi) is 5.18. The third-order valence-corrected chi connectivity index (χ3v) is 3.98. The predicted octanol–water partition coefficient (Wildman–Crippen LogP) is 3.61. The Morgan fingerprint density at radius 2 is 1.71 bits per heavy atom.